The van der Waals surface area contributed by atoms with Crippen molar-refractivity contribution in [2.75, 3.05) is 12.4 Å². The number of aryl methyl sites for hydroxylation is 1. The van der Waals surface area contributed by atoms with Crippen molar-refractivity contribution in [1.82, 2.24) is 5.32 Å². The molecule has 0 saturated carbocycles. The zero-order valence-corrected chi connectivity index (χ0v) is 13.2. The van der Waals surface area contributed by atoms with Crippen LogP contribution in [-0.4, -0.2) is 13.0 Å². The number of thiophene rings is 1. The highest BCUT2D eigenvalue weighted by molar-refractivity contribution is 7.16. The van der Waals surface area contributed by atoms with Crippen molar-refractivity contribution in [2.24, 2.45) is 0 Å². The molecule has 5 heteroatoms. The third kappa shape index (κ3) is 3.32. The van der Waals surface area contributed by atoms with Crippen molar-refractivity contribution < 1.29 is 4.79 Å². The normalized spacial score (nSPS) is 12.0. The van der Waals surface area contributed by atoms with E-state index in [-0.39, 0.29) is 11.9 Å². The Labute approximate surface area is 128 Å². The second kappa shape index (κ2) is 6.29. The van der Waals surface area contributed by atoms with Gasteiger partial charge in [-0.25, -0.2) is 0 Å². The maximum absolute atomic E-state index is 11.6. The lowest BCUT2D eigenvalue weighted by atomic mass is 10.1. The minimum atomic E-state index is -0.0715. The summed E-state index contributed by atoms with van der Waals surface area (Å²) in [5, 5.41) is 6.07. The number of carbonyl (C=O) groups is 1. The second-order valence-corrected chi connectivity index (χ2v) is 6.36. The van der Waals surface area contributed by atoms with Crippen molar-refractivity contribution in [3.8, 4) is 0 Å². The van der Waals surface area contributed by atoms with E-state index >= 15 is 0 Å². The smallest absolute Gasteiger partial charge is 0.251 e. The molecule has 106 valence electrons. The van der Waals surface area contributed by atoms with Gasteiger partial charge in [-0.1, -0.05) is 11.6 Å². The first-order valence-corrected chi connectivity index (χ1v) is 7.55. The van der Waals surface area contributed by atoms with Crippen LogP contribution in [-0.2, 0) is 0 Å². The minimum Gasteiger partial charge on any atom is -0.377 e. The molecule has 0 saturated heterocycles. The van der Waals surface area contributed by atoms with Crippen molar-refractivity contribution in [3.63, 3.8) is 0 Å². The summed E-state index contributed by atoms with van der Waals surface area (Å²) in [6.45, 7) is 4.08. The van der Waals surface area contributed by atoms with Gasteiger partial charge in [0.1, 0.15) is 0 Å². The number of rotatable bonds is 4. The molecule has 20 heavy (non-hydrogen) atoms. The molecule has 2 rings (SSSR count). The second-order valence-electron chi connectivity index (χ2n) is 4.62. The number of anilines is 1. The van der Waals surface area contributed by atoms with Gasteiger partial charge in [-0.2, -0.15) is 0 Å². The predicted molar refractivity (Wildman–Crippen MR) is 85.9 cm³/mol. The molecule has 0 radical (unpaired) electrons. The highest BCUT2D eigenvalue weighted by atomic mass is 35.5. The van der Waals surface area contributed by atoms with E-state index in [1.807, 2.05) is 37.3 Å². The molecule has 0 fully saturated rings. The molecule has 2 N–H and O–H groups in total. The zero-order chi connectivity index (χ0) is 14.7. The molecule has 0 bridgehead atoms. The minimum absolute atomic E-state index is 0.0715. The lowest BCUT2D eigenvalue weighted by Crippen LogP contribution is -2.18. The first-order valence-electron chi connectivity index (χ1n) is 6.35. The molecule has 1 amide bonds. The summed E-state index contributed by atoms with van der Waals surface area (Å²) < 4.78 is 0.792. The Morgan fingerprint density at radius 2 is 2.05 bits per heavy atom. The molecule has 1 unspecified atom stereocenters. The molecular weight excluding hydrogens is 292 g/mol. The number of nitrogens with one attached hydrogen (secondary N) is 2. The summed E-state index contributed by atoms with van der Waals surface area (Å²) in [6.07, 6.45) is 0. The zero-order valence-electron chi connectivity index (χ0n) is 11.7. The summed E-state index contributed by atoms with van der Waals surface area (Å²) >= 11 is 7.53. The van der Waals surface area contributed by atoms with Crippen molar-refractivity contribution in [1.29, 1.82) is 0 Å². The molecule has 0 spiro atoms. The molecule has 1 aromatic carbocycles. The van der Waals surface area contributed by atoms with Crippen LogP contribution in [0.4, 0.5) is 5.69 Å². The molecule has 3 nitrogen and oxygen atoms in total. The Morgan fingerprint density at radius 1 is 1.30 bits per heavy atom. The van der Waals surface area contributed by atoms with Crippen LogP contribution in [0.2, 0.25) is 4.34 Å². The standard InChI is InChI=1S/C15H17ClN2OS/c1-9-8-11(15(19)17-3)4-5-12(9)18-10(2)13-6-7-14(16)20-13/h4-8,10,18H,1-3H3,(H,17,19). The van der Waals surface area contributed by atoms with E-state index < -0.39 is 0 Å². The first-order chi connectivity index (χ1) is 9.51. The van der Waals surface area contributed by atoms with E-state index in [0.29, 0.717) is 5.56 Å². The third-order valence-corrected chi connectivity index (χ3v) is 4.52. The molecule has 2 aromatic rings. The lowest BCUT2D eigenvalue weighted by molar-refractivity contribution is 0.0963. The Balaban J connectivity index is 2.15. The third-order valence-electron chi connectivity index (χ3n) is 3.11. The molecule has 0 aliphatic heterocycles. The fourth-order valence-corrected chi connectivity index (χ4v) is 3.04. The van der Waals surface area contributed by atoms with Crippen LogP contribution >= 0.6 is 22.9 Å². The van der Waals surface area contributed by atoms with Gasteiger partial charge in [-0.3, -0.25) is 4.79 Å². The van der Waals surface area contributed by atoms with Gasteiger partial charge in [-0.15, -0.1) is 11.3 Å². The number of carbonyl (C=O) groups excluding carboxylic acids is 1. The Hall–Kier alpha value is -1.52. The average molecular weight is 309 g/mol. The van der Waals surface area contributed by atoms with Crippen LogP contribution in [0.5, 0.6) is 0 Å². The number of amides is 1. The monoisotopic (exact) mass is 308 g/mol. The maximum atomic E-state index is 11.6. The highest BCUT2D eigenvalue weighted by Crippen LogP contribution is 2.30. The quantitative estimate of drug-likeness (QED) is 0.887. The van der Waals surface area contributed by atoms with E-state index in [1.54, 1.807) is 18.4 Å². The predicted octanol–water partition coefficient (Wildman–Crippen LogP) is 4.24. The number of hydrogen-bond donors (Lipinski definition) is 2. The molecule has 1 atom stereocenters. The maximum Gasteiger partial charge on any atom is 0.251 e. The Bertz CT molecular complexity index is 624. The molecule has 0 aliphatic carbocycles. The van der Waals surface area contributed by atoms with E-state index in [4.69, 9.17) is 11.6 Å². The van der Waals surface area contributed by atoms with E-state index in [2.05, 4.69) is 17.6 Å². The van der Waals surface area contributed by atoms with Crippen LogP contribution < -0.4 is 10.6 Å². The van der Waals surface area contributed by atoms with Gasteiger partial charge in [0.2, 0.25) is 0 Å². The molecule has 1 heterocycles. The SMILES string of the molecule is CNC(=O)c1ccc(NC(C)c2ccc(Cl)s2)c(C)c1. The van der Waals surface area contributed by atoms with Gasteiger partial charge in [0.25, 0.3) is 5.91 Å². The fraction of sp³-hybridized carbons (Fsp3) is 0.267. The largest absolute Gasteiger partial charge is 0.377 e. The fourth-order valence-electron chi connectivity index (χ4n) is 1.98. The van der Waals surface area contributed by atoms with Gasteiger partial charge in [-0.05, 0) is 49.7 Å². The van der Waals surface area contributed by atoms with E-state index in [0.717, 1.165) is 15.6 Å². The molecule has 1 aromatic heterocycles. The van der Waals surface area contributed by atoms with Crippen molar-refractivity contribution >= 4 is 34.5 Å². The van der Waals surface area contributed by atoms with Crippen LogP contribution in [0.1, 0.15) is 33.8 Å². The van der Waals surface area contributed by atoms with Crippen LogP contribution in [0.3, 0.4) is 0 Å². The number of hydrogen-bond acceptors (Lipinski definition) is 3. The van der Waals surface area contributed by atoms with Crippen LogP contribution in [0.15, 0.2) is 30.3 Å². The highest BCUT2D eigenvalue weighted by Gasteiger charge is 2.11. The van der Waals surface area contributed by atoms with Crippen molar-refractivity contribution in [3.05, 3.63) is 50.7 Å². The molecule has 0 aliphatic rings. The number of halogens is 1. The van der Waals surface area contributed by atoms with Gasteiger partial charge in [0, 0.05) is 23.2 Å². The van der Waals surface area contributed by atoms with Gasteiger partial charge in [0.15, 0.2) is 0 Å². The van der Waals surface area contributed by atoms with Gasteiger partial charge >= 0.3 is 0 Å². The van der Waals surface area contributed by atoms with E-state index in [9.17, 15) is 4.79 Å². The van der Waals surface area contributed by atoms with Gasteiger partial charge in [0.05, 0.1) is 10.4 Å². The summed E-state index contributed by atoms with van der Waals surface area (Å²) in [7, 11) is 1.63. The summed E-state index contributed by atoms with van der Waals surface area (Å²) in [6, 6.07) is 9.75. The summed E-state index contributed by atoms with van der Waals surface area (Å²) in [5.41, 5.74) is 2.73. The average Bonchev–Trinajstić information content (AvgIpc) is 2.86. The van der Waals surface area contributed by atoms with Gasteiger partial charge < -0.3 is 10.6 Å². The first kappa shape index (κ1) is 14.9. The topological polar surface area (TPSA) is 41.1 Å². The summed E-state index contributed by atoms with van der Waals surface area (Å²) in [4.78, 5) is 12.8. The Morgan fingerprint density at radius 3 is 2.60 bits per heavy atom. The summed E-state index contributed by atoms with van der Waals surface area (Å²) in [5.74, 6) is -0.0715. The lowest BCUT2D eigenvalue weighted by Gasteiger charge is -2.16. The Kier molecular flexibility index (Phi) is 4.68. The van der Waals surface area contributed by atoms with Crippen molar-refractivity contribution in [2.45, 2.75) is 19.9 Å². The van der Waals surface area contributed by atoms with Crippen LogP contribution in [0, 0.1) is 6.92 Å². The number of benzene rings is 1. The molecular formula is C15H17ClN2OS. The van der Waals surface area contributed by atoms with E-state index in [1.165, 1.54) is 4.88 Å². The van der Waals surface area contributed by atoms with Crippen LogP contribution in [0.25, 0.3) is 0 Å².